The average Bonchev–Trinajstić information content (AvgIpc) is 3.52. The fourth-order valence-electron chi connectivity index (χ4n) is 5.79. The summed E-state index contributed by atoms with van der Waals surface area (Å²) >= 11 is 0. The summed E-state index contributed by atoms with van der Waals surface area (Å²) in [6, 6.07) is 6.55. The van der Waals surface area contributed by atoms with E-state index in [-0.39, 0.29) is 36.3 Å². The maximum Gasteiger partial charge on any atom is 0.248 e. The molecule has 6 nitrogen and oxygen atoms in total. The van der Waals surface area contributed by atoms with Crippen LogP contribution in [-0.4, -0.2) is 50.1 Å². The van der Waals surface area contributed by atoms with Gasteiger partial charge in [0, 0.05) is 62.9 Å². The number of benzene rings is 1. The number of fused-ring (bicyclic) bond motifs is 2. The van der Waals surface area contributed by atoms with Crippen LogP contribution in [0.15, 0.2) is 30.3 Å². The first kappa shape index (κ1) is 16.6. The Morgan fingerprint density at radius 3 is 2.46 bits per heavy atom. The van der Waals surface area contributed by atoms with Gasteiger partial charge in [-0.2, -0.15) is 0 Å². The van der Waals surface area contributed by atoms with Crippen molar-refractivity contribution in [2.75, 3.05) is 6.50 Å². The summed E-state index contributed by atoms with van der Waals surface area (Å²) < 4.78 is 114. The minimum Gasteiger partial charge on any atom is -0.349 e. The molecular formula is C29H41F2N5O. The van der Waals surface area contributed by atoms with Crippen molar-refractivity contribution < 1.29 is 27.3 Å². The summed E-state index contributed by atoms with van der Waals surface area (Å²) in [5.41, 5.74) is 0.483. The van der Waals surface area contributed by atoms with E-state index in [1.165, 1.54) is 0 Å². The van der Waals surface area contributed by atoms with E-state index in [4.69, 9.17) is 11.0 Å². The van der Waals surface area contributed by atoms with Gasteiger partial charge < -0.3 is 9.88 Å². The van der Waals surface area contributed by atoms with Crippen molar-refractivity contribution in [1.29, 1.82) is 0 Å². The number of rotatable bonds is 8. The number of nitrogens with zero attached hydrogens (tertiary/aromatic N) is 4. The third-order valence-electron chi connectivity index (χ3n) is 7.67. The largest absolute Gasteiger partial charge is 0.349 e. The number of halogens is 2. The molecule has 37 heavy (non-hydrogen) atoms. The maximum absolute atomic E-state index is 14.6. The van der Waals surface area contributed by atoms with E-state index >= 15 is 0 Å². The fraction of sp³-hybridized carbons (Fsp3) is 0.690. The molecule has 2 bridgehead atoms. The topological polar surface area (TPSA) is 63.1 Å². The zero-order valence-corrected chi connectivity index (χ0v) is 21.2. The lowest BCUT2D eigenvalue weighted by atomic mass is 9.86. The summed E-state index contributed by atoms with van der Waals surface area (Å²) in [5, 5.41) is 10.8. The highest BCUT2D eigenvalue weighted by Gasteiger charge is 2.42. The van der Waals surface area contributed by atoms with Gasteiger partial charge >= 0.3 is 0 Å². The van der Waals surface area contributed by atoms with Crippen molar-refractivity contribution in [3.8, 4) is 0 Å². The quantitative estimate of drug-likeness (QED) is 0.464. The lowest BCUT2D eigenvalue weighted by Crippen LogP contribution is -2.45. The Morgan fingerprint density at radius 2 is 1.84 bits per heavy atom. The van der Waals surface area contributed by atoms with E-state index in [2.05, 4.69) is 15.5 Å². The van der Waals surface area contributed by atoms with Gasteiger partial charge in [-0.25, -0.2) is 8.78 Å². The second kappa shape index (κ2) is 10.8. The Morgan fingerprint density at radius 1 is 1.16 bits per heavy atom. The van der Waals surface area contributed by atoms with E-state index in [0.717, 1.165) is 0 Å². The van der Waals surface area contributed by atoms with Crippen LogP contribution in [0.5, 0.6) is 0 Å². The minimum absolute atomic E-state index is 0.0859. The van der Waals surface area contributed by atoms with E-state index in [0.29, 0.717) is 37.1 Å². The molecule has 1 aromatic carbocycles. The van der Waals surface area contributed by atoms with Crippen molar-refractivity contribution in [2.45, 2.75) is 114 Å². The van der Waals surface area contributed by atoms with E-state index < -0.39 is 62.7 Å². The number of carbonyl (C=O) groups is 1. The molecule has 1 N–H and O–H groups in total. The van der Waals surface area contributed by atoms with E-state index in [1.807, 2.05) is 13.8 Å². The first-order valence-corrected chi connectivity index (χ1v) is 13.0. The molecule has 1 aromatic heterocycles. The molecule has 3 aliphatic rings. The highest BCUT2D eigenvalue weighted by Crippen LogP contribution is 2.42. The predicted octanol–water partition coefficient (Wildman–Crippen LogP) is 5.95. The standard InChI is InChI=1S/C29H41F2N5O/c1-19(2)27-34-33-20(3)36(27)25-17-23-9-10-24(18-25)35(23)16-13-26(21-7-5-4-6-8-21)32-28(37)22-11-14-29(30,31)15-12-22/h4-8,19,22-26H,9-18H2,1-3H3,(H,32,37)/i3D3,14D2,15D2,16D2,22D. The minimum atomic E-state index is -4.42. The molecule has 2 aromatic rings. The van der Waals surface area contributed by atoms with Gasteiger partial charge in [0.25, 0.3) is 0 Å². The van der Waals surface area contributed by atoms with E-state index in [1.54, 1.807) is 39.8 Å². The van der Waals surface area contributed by atoms with Crippen LogP contribution in [0.1, 0.15) is 120 Å². The maximum atomic E-state index is 14.6. The van der Waals surface area contributed by atoms with Gasteiger partial charge in [0.05, 0.1) is 6.04 Å². The number of aryl methyl sites for hydroxylation is 1. The van der Waals surface area contributed by atoms with Gasteiger partial charge in [0.1, 0.15) is 11.6 Å². The van der Waals surface area contributed by atoms with Crippen molar-refractivity contribution in [3.05, 3.63) is 47.5 Å². The highest BCUT2D eigenvalue weighted by atomic mass is 19.3. The first-order valence-electron chi connectivity index (χ1n) is 18.0. The molecule has 2 aliphatic heterocycles. The zero-order chi connectivity index (χ0) is 35.0. The molecule has 2 saturated heterocycles. The third kappa shape index (κ3) is 5.74. The van der Waals surface area contributed by atoms with Crippen molar-refractivity contribution in [1.82, 2.24) is 25.0 Å². The van der Waals surface area contributed by atoms with Crippen molar-refractivity contribution in [3.63, 3.8) is 0 Å². The Kier molecular flexibility index (Phi) is 4.84. The first-order chi connectivity index (χ1) is 21.5. The molecule has 1 amide bonds. The molecule has 1 saturated carbocycles. The number of piperidine rings is 1. The van der Waals surface area contributed by atoms with Crippen LogP contribution in [0.4, 0.5) is 8.78 Å². The van der Waals surface area contributed by atoms with Crippen LogP contribution in [0.25, 0.3) is 0 Å². The number of nitrogens with one attached hydrogen (secondary N) is 1. The Hall–Kier alpha value is -2.35. The molecule has 5 rings (SSSR count). The van der Waals surface area contributed by atoms with Crippen LogP contribution in [0.3, 0.4) is 0 Å². The Labute approximate surface area is 233 Å². The zero-order valence-electron chi connectivity index (χ0n) is 31.2. The van der Waals surface area contributed by atoms with Gasteiger partial charge in [-0.1, -0.05) is 44.2 Å². The molecule has 8 heteroatoms. The fourth-order valence-corrected chi connectivity index (χ4v) is 5.79. The number of hydrogen-bond acceptors (Lipinski definition) is 4. The highest BCUT2D eigenvalue weighted by molar-refractivity contribution is 5.79. The van der Waals surface area contributed by atoms with E-state index in [9.17, 15) is 16.3 Å². The molecule has 3 atom stereocenters. The lowest BCUT2D eigenvalue weighted by Gasteiger charge is -2.40. The van der Waals surface area contributed by atoms with Gasteiger partial charge in [0.15, 0.2) is 0 Å². The normalized spacial score (nSPS) is 35.2. The summed E-state index contributed by atoms with van der Waals surface area (Å²) in [6.07, 6.45) is -7.45. The Balaban J connectivity index is 1.40. The van der Waals surface area contributed by atoms with Crippen LogP contribution in [-0.2, 0) is 4.79 Å². The summed E-state index contributed by atoms with van der Waals surface area (Å²) in [4.78, 5) is 15.4. The predicted molar refractivity (Wildman–Crippen MR) is 139 cm³/mol. The molecule has 3 fully saturated rings. The van der Waals surface area contributed by atoms with Crippen molar-refractivity contribution in [2.24, 2.45) is 5.89 Å². The average molecular weight is 524 g/mol. The molecule has 202 valence electrons. The van der Waals surface area contributed by atoms with Gasteiger partial charge in [0.2, 0.25) is 11.8 Å². The summed E-state index contributed by atoms with van der Waals surface area (Å²) in [7, 11) is 0. The van der Waals surface area contributed by atoms with Crippen molar-refractivity contribution >= 4 is 5.91 Å². The SMILES string of the molecule is [2H]C1(C(=O)NC(CC([2H])([2H])N2C3CCC2CC(n2c(C(C)C)nnc2C([2H])([2H])[2H])C3)c2ccccc2)CC([2H])([2H])C(F)(F)C([2H])([2H])C1. The third-order valence-corrected chi connectivity index (χ3v) is 7.67. The number of amides is 1. The molecule has 3 unspecified atom stereocenters. The summed E-state index contributed by atoms with van der Waals surface area (Å²) in [6.45, 7) is -0.684. The second-order valence-electron chi connectivity index (χ2n) is 10.5. The number of alkyl halides is 2. The lowest BCUT2D eigenvalue weighted by molar-refractivity contribution is -0.130. The van der Waals surface area contributed by atoms with Gasteiger partial charge in [-0.15, -0.1) is 10.2 Å². The van der Waals surface area contributed by atoms with Gasteiger partial charge in [-0.05, 0) is 57.4 Å². The molecule has 0 radical (unpaired) electrons. The monoisotopic (exact) mass is 523 g/mol. The molecule has 0 spiro atoms. The molecular weight excluding hydrogens is 472 g/mol. The number of hydrogen-bond donors (Lipinski definition) is 1. The molecule has 1 aliphatic carbocycles. The van der Waals surface area contributed by atoms with Crippen LogP contribution in [0, 0.1) is 12.7 Å². The number of aromatic nitrogens is 3. The van der Waals surface area contributed by atoms with Crippen LogP contribution >= 0.6 is 0 Å². The number of carbonyl (C=O) groups excluding carboxylic acids is 1. The van der Waals surface area contributed by atoms with Crippen LogP contribution < -0.4 is 5.32 Å². The summed E-state index contributed by atoms with van der Waals surface area (Å²) in [5.74, 6) is -7.76. The second-order valence-corrected chi connectivity index (χ2v) is 10.5. The molecule has 3 heterocycles. The van der Waals surface area contributed by atoms with Crippen LogP contribution in [0.2, 0.25) is 0 Å². The smallest absolute Gasteiger partial charge is 0.248 e. The van der Waals surface area contributed by atoms with Gasteiger partial charge in [-0.3, -0.25) is 9.69 Å². The Bertz CT molecular complexity index is 1430.